The predicted octanol–water partition coefficient (Wildman–Crippen LogP) is 1.65. The minimum Gasteiger partial charge on any atom is -0.496 e. The van der Waals surface area contributed by atoms with Gasteiger partial charge in [0.25, 0.3) is 5.69 Å². The average molecular weight is 266 g/mol. The molecule has 1 aromatic rings. The van der Waals surface area contributed by atoms with Gasteiger partial charge < -0.3 is 15.2 Å². The number of non-ortho nitro benzene ring substituents is 1. The molecule has 19 heavy (non-hydrogen) atoms. The van der Waals surface area contributed by atoms with Gasteiger partial charge in [-0.1, -0.05) is 0 Å². The monoisotopic (exact) mass is 266 g/mol. The van der Waals surface area contributed by atoms with Crippen molar-refractivity contribution < 1.29 is 14.4 Å². The first kappa shape index (κ1) is 13.8. The lowest BCUT2D eigenvalue weighted by atomic mass is 9.86. The molecule has 0 aromatic heterocycles. The fourth-order valence-electron chi connectivity index (χ4n) is 2.38. The van der Waals surface area contributed by atoms with Crippen molar-refractivity contribution in [3.63, 3.8) is 0 Å². The standard InChI is InChI=1S/C13H18N2O4/c1-9-13(14,3-4-19-9)8-10-5-11(15(16)17)7-12(6-10)18-2/h5-7,9H,3-4,8,14H2,1-2H3. The van der Waals surface area contributed by atoms with E-state index in [1.807, 2.05) is 6.92 Å². The molecule has 0 saturated carbocycles. The van der Waals surface area contributed by atoms with Crippen LogP contribution in [0.5, 0.6) is 5.75 Å². The fourth-order valence-corrected chi connectivity index (χ4v) is 2.38. The van der Waals surface area contributed by atoms with Crippen molar-refractivity contribution in [2.45, 2.75) is 31.4 Å². The Morgan fingerprint density at radius 3 is 2.84 bits per heavy atom. The molecule has 2 rings (SSSR count). The molecule has 1 aromatic carbocycles. The van der Waals surface area contributed by atoms with E-state index in [-0.39, 0.29) is 11.8 Å². The second-order valence-corrected chi connectivity index (χ2v) is 4.97. The number of benzene rings is 1. The van der Waals surface area contributed by atoms with Crippen LogP contribution in [0.2, 0.25) is 0 Å². The van der Waals surface area contributed by atoms with E-state index in [9.17, 15) is 10.1 Å². The van der Waals surface area contributed by atoms with Crippen LogP contribution in [0.15, 0.2) is 18.2 Å². The summed E-state index contributed by atoms with van der Waals surface area (Å²) in [5, 5.41) is 10.9. The molecule has 1 heterocycles. The number of rotatable bonds is 4. The lowest BCUT2D eigenvalue weighted by Gasteiger charge is -2.27. The Morgan fingerprint density at radius 1 is 1.58 bits per heavy atom. The normalized spacial score (nSPS) is 26.4. The van der Waals surface area contributed by atoms with Crippen LogP contribution in [0.25, 0.3) is 0 Å². The Kier molecular flexibility index (Phi) is 3.73. The molecule has 1 fully saturated rings. The summed E-state index contributed by atoms with van der Waals surface area (Å²) in [5.74, 6) is 0.472. The summed E-state index contributed by atoms with van der Waals surface area (Å²) in [6.07, 6.45) is 1.23. The van der Waals surface area contributed by atoms with Crippen LogP contribution in [0.3, 0.4) is 0 Å². The van der Waals surface area contributed by atoms with E-state index >= 15 is 0 Å². The minimum atomic E-state index is -0.472. The molecular formula is C13H18N2O4. The molecule has 1 saturated heterocycles. The third kappa shape index (κ3) is 2.85. The zero-order chi connectivity index (χ0) is 14.0. The SMILES string of the molecule is COc1cc(CC2(N)CCOC2C)cc([N+](=O)[O-])c1. The summed E-state index contributed by atoms with van der Waals surface area (Å²) in [5.41, 5.74) is 6.66. The molecule has 2 N–H and O–H groups in total. The molecule has 1 aliphatic heterocycles. The molecule has 0 spiro atoms. The molecular weight excluding hydrogens is 248 g/mol. The molecule has 6 heteroatoms. The number of nitrogens with zero attached hydrogens (tertiary/aromatic N) is 1. The Labute approximate surface area is 111 Å². The average Bonchev–Trinajstić information content (AvgIpc) is 2.68. The fraction of sp³-hybridized carbons (Fsp3) is 0.538. The second kappa shape index (κ2) is 5.14. The number of nitro benzene ring substituents is 1. The number of hydrogen-bond acceptors (Lipinski definition) is 5. The highest BCUT2D eigenvalue weighted by atomic mass is 16.6. The van der Waals surface area contributed by atoms with E-state index in [2.05, 4.69) is 0 Å². The van der Waals surface area contributed by atoms with Gasteiger partial charge in [0.1, 0.15) is 5.75 Å². The van der Waals surface area contributed by atoms with Gasteiger partial charge >= 0.3 is 0 Å². The third-order valence-corrected chi connectivity index (χ3v) is 3.68. The van der Waals surface area contributed by atoms with Crippen molar-refractivity contribution in [3.05, 3.63) is 33.9 Å². The second-order valence-electron chi connectivity index (χ2n) is 4.97. The van der Waals surface area contributed by atoms with Crippen LogP contribution >= 0.6 is 0 Å². The lowest BCUT2D eigenvalue weighted by Crippen LogP contribution is -2.48. The van der Waals surface area contributed by atoms with E-state index in [0.29, 0.717) is 18.8 Å². The quantitative estimate of drug-likeness (QED) is 0.661. The molecule has 0 bridgehead atoms. The van der Waals surface area contributed by atoms with Crippen LogP contribution in [-0.2, 0) is 11.2 Å². The first-order valence-corrected chi connectivity index (χ1v) is 6.17. The maximum absolute atomic E-state index is 10.9. The van der Waals surface area contributed by atoms with Crippen molar-refractivity contribution in [2.24, 2.45) is 5.73 Å². The van der Waals surface area contributed by atoms with E-state index in [0.717, 1.165) is 12.0 Å². The summed E-state index contributed by atoms with van der Waals surface area (Å²) in [4.78, 5) is 10.5. The predicted molar refractivity (Wildman–Crippen MR) is 70.3 cm³/mol. The topological polar surface area (TPSA) is 87.6 Å². The van der Waals surface area contributed by atoms with Crippen LogP contribution in [-0.4, -0.2) is 30.3 Å². The molecule has 2 unspecified atom stereocenters. The van der Waals surface area contributed by atoms with E-state index < -0.39 is 10.5 Å². The van der Waals surface area contributed by atoms with Crippen LogP contribution < -0.4 is 10.5 Å². The molecule has 1 aliphatic rings. The molecule has 104 valence electrons. The van der Waals surface area contributed by atoms with Gasteiger partial charge in [0, 0.05) is 18.2 Å². The van der Waals surface area contributed by atoms with Gasteiger partial charge in [0.2, 0.25) is 0 Å². The van der Waals surface area contributed by atoms with E-state index in [4.69, 9.17) is 15.2 Å². The smallest absolute Gasteiger partial charge is 0.273 e. The highest BCUT2D eigenvalue weighted by molar-refractivity contribution is 5.43. The van der Waals surface area contributed by atoms with Crippen molar-refractivity contribution >= 4 is 5.69 Å². The van der Waals surface area contributed by atoms with Crippen molar-refractivity contribution in [1.82, 2.24) is 0 Å². The maximum Gasteiger partial charge on any atom is 0.273 e. The van der Waals surface area contributed by atoms with Gasteiger partial charge in [0.05, 0.1) is 24.2 Å². The summed E-state index contributed by atoms with van der Waals surface area (Å²) in [7, 11) is 1.49. The Morgan fingerprint density at radius 2 is 2.32 bits per heavy atom. The summed E-state index contributed by atoms with van der Waals surface area (Å²) < 4.78 is 10.6. The lowest BCUT2D eigenvalue weighted by molar-refractivity contribution is -0.385. The number of ether oxygens (including phenoxy) is 2. The van der Waals surface area contributed by atoms with Gasteiger partial charge in [-0.15, -0.1) is 0 Å². The van der Waals surface area contributed by atoms with Gasteiger partial charge in [0.15, 0.2) is 0 Å². The molecule has 6 nitrogen and oxygen atoms in total. The first-order valence-electron chi connectivity index (χ1n) is 6.17. The van der Waals surface area contributed by atoms with Crippen molar-refractivity contribution in [2.75, 3.05) is 13.7 Å². The zero-order valence-corrected chi connectivity index (χ0v) is 11.1. The highest BCUT2D eigenvalue weighted by Gasteiger charge is 2.38. The first-order chi connectivity index (χ1) is 8.94. The highest BCUT2D eigenvalue weighted by Crippen LogP contribution is 2.30. The number of hydrogen-bond donors (Lipinski definition) is 1. The molecule has 0 aliphatic carbocycles. The Balaban J connectivity index is 2.29. The third-order valence-electron chi connectivity index (χ3n) is 3.68. The zero-order valence-electron chi connectivity index (χ0n) is 11.1. The minimum absolute atomic E-state index is 0.0181. The molecule has 0 radical (unpaired) electrons. The largest absolute Gasteiger partial charge is 0.496 e. The van der Waals surface area contributed by atoms with E-state index in [1.165, 1.54) is 13.2 Å². The van der Waals surface area contributed by atoms with Gasteiger partial charge in [-0.25, -0.2) is 0 Å². The molecule has 0 amide bonds. The summed E-state index contributed by atoms with van der Waals surface area (Å²) >= 11 is 0. The van der Waals surface area contributed by atoms with Gasteiger partial charge in [-0.3, -0.25) is 10.1 Å². The number of nitro groups is 1. The number of nitrogens with two attached hydrogens (primary N) is 1. The Hall–Kier alpha value is -1.66. The van der Waals surface area contributed by atoms with Gasteiger partial charge in [-0.2, -0.15) is 0 Å². The van der Waals surface area contributed by atoms with Crippen LogP contribution in [0.4, 0.5) is 5.69 Å². The number of methoxy groups -OCH3 is 1. The molecule has 2 atom stereocenters. The summed E-state index contributed by atoms with van der Waals surface area (Å²) in [6.45, 7) is 2.56. The van der Waals surface area contributed by atoms with Crippen molar-refractivity contribution in [3.8, 4) is 5.75 Å². The van der Waals surface area contributed by atoms with Crippen molar-refractivity contribution in [1.29, 1.82) is 0 Å². The van der Waals surface area contributed by atoms with E-state index in [1.54, 1.807) is 12.1 Å². The Bertz CT molecular complexity index is 492. The van der Waals surface area contributed by atoms with Crippen LogP contribution in [0.1, 0.15) is 18.9 Å². The maximum atomic E-state index is 10.9. The van der Waals surface area contributed by atoms with Crippen LogP contribution in [0, 0.1) is 10.1 Å². The summed E-state index contributed by atoms with van der Waals surface area (Å²) in [6, 6.07) is 4.73. The van der Waals surface area contributed by atoms with Gasteiger partial charge in [-0.05, 0) is 31.4 Å².